The van der Waals surface area contributed by atoms with Crippen LogP contribution in [0.4, 0.5) is 0 Å². The number of esters is 1. The van der Waals surface area contributed by atoms with Crippen molar-refractivity contribution in [2.45, 2.75) is 25.7 Å². The predicted octanol–water partition coefficient (Wildman–Crippen LogP) is 0.0308. The number of hydrogen-bond acceptors (Lipinski definition) is 3. The number of halogens is 1. The number of nitrogens with zero attached hydrogens (tertiary/aromatic N) is 2. The molecular weight excluding hydrogens is 429 g/mol. The van der Waals surface area contributed by atoms with Crippen molar-refractivity contribution in [1.82, 2.24) is 9.97 Å². The van der Waals surface area contributed by atoms with E-state index in [2.05, 4.69) is 11.1 Å². The van der Waals surface area contributed by atoms with Crippen LogP contribution >= 0.6 is 0 Å². The predicted molar refractivity (Wildman–Crippen MR) is 90.8 cm³/mol. The fourth-order valence-electron chi connectivity index (χ4n) is 3.19. The van der Waals surface area contributed by atoms with Crippen molar-refractivity contribution in [2.75, 3.05) is 7.11 Å². The van der Waals surface area contributed by atoms with Crippen molar-refractivity contribution < 1.29 is 38.1 Å². The summed E-state index contributed by atoms with van der Waals surface area (Å²) in [4.78, 5) is 20.2. The van der Waals surface area contributed by atoms with Crippen molar-refractivity contribution in [3.63, 3.8) is 0 Å². The van der Waals surface area contributed by atoms with Crippen molar-refractivity contribution in [3.05, 3.63) is 47.3 Å². The number of aromatic amines is 1. The molecule has 0 amide bonds. The molecule has 0 unspecified atom stereocenters. The Morgan fingerprint density at radius 3 is 2.80 bits per heavy atom. The van der Waals surface area contributed by atoms with Crippen LogP contribution in [0.2, 0.25) is 0 Å². The highest BCUT2D eigenvalue weighted by Gasteiger charge is 2.29. The SMILES string of the molecule is COC(=O)c1cc(-c2nc3cc[n+](C)cc3[nH]2)c(C2CC2)cc1C.[I-]. The Hall–Kier alpha value is -1.96. The number of pyridine rings is 1. The molecule has 4 rings (SSSR count). The third-order valence-electron chi connectivity index (χ3n) is 4.64. The second-order valence-electron chi connectivity index (χ2n) is 6.51. The first-order valence-corrected chi connectivity index (χ1v) is 8.15. The Kier molecular flexibility index (Phi) is 4.81. The summed E-state index contributed by atoms with van der Waals surface area (Å²) in [5.41, 5.74) is 5.73. The molecule has 1 saturated carbocycles. The molecule has 3 aromatic rings. The smallest absolute Gasteiger partial charge is 0.338 e. The van der Waals surface area contributed by atoms with Crippen molar-refractivity contribution in [3.8, 4) is 11.4 Å². The number of aryl methyl sites for hydroxylation is 2. The molecule has 1 aliphatic carbocycles. The number of methoxy groups -OCH3 is 1. The van der Waals surface area contributed by atoms with Crippen LogP contribution in [0.5, 0.6) is 0 Å². The lowest BCUT2D eigenvalue weighted by atomic mass is 9.95. The summed E-state index contributed by atoms with van der Waals surface area (Å²) in [6.07, 6.45) is 6.38. The number of carbonyl (C=O) groups is 1. The Bertz CT molecular complexity index is 961. The zero-order chi connectivity index (χ0) is 16.8. The first kappa shape index (κ1) is 17.8. The number of hydrogen-bond donors (Lipinski definition) is 1. The average molecular weight is 449 g/mol. The summed E-state index contributed by atoms with van der Waals surface area (Å²) >= 11 is 0. The molecule has 0 bridgehead atoms. The molecule has 0 saturated heterocycles. The van der Waals surface area contributed by atoms with Crippen LogP contribution in [0.15, 0.2) is 30.6 Å². The summed E-state index contributed by atoms with van der Waals surface area (Å²) in [6, 6.07) is 6.03. The van der Waals surface area contributed by atoms with Crippen LogP contribution in [0.1, 0.15) is 40.2 Å². The third kappa shape index (κ3) is 3.27. The third-order valence-corrected chi connectivity index (χ3v) is 4.64. The largest absolute Gasteiger partial charge is 1.00 e. The molecule has 2 heterocycles. The number of fused-ring (bicyclic) bond motifs is 1. The fourth-order valence-corrected chi connectivity index (χ4v) is 3.19. The van der Waals surface area contributed by atoms with E-state index >= 15 is 0 Å². The molecule has 0 atom stereocenters. The maximum atomic E-state index is 12.1. The minimum Gasteiger partial charge on any atom is -1.00 e. The van der Waals surface area contributed by atoms with E-state index in [1.807, 2.05) is 43.1 Å². The molecule has 0 radical (unpaired) electrons. The molecule has 5 nitrogen and oxygen atoms in total. The number of benzene rings is 1. The maximum absolute atomic E-state index is 12.1. The highest BCUT2D eigenvalue weighted by molar-refractivity contribution is 5.93. The minimum atomic E-state index is -0.307. The molecule has 0 spiro atoms. The summed E-state index contributed by atoms with van der Waals surface area (Å²) in [7, 11) is 3.40. The second-order valence-corrected chi connectivity index (χ2v) is 6.51. The summed E-state index contributed by atoms with van der Waals surface area (Å²) < 4.78 is 6.91. The van der Waals surface area contributed by atoms with E-state index in [0.29, 0.717) is 11.5 Å². The monoisotopic (exact) mass is 449 g/mol. The molecular formula is C19H20IN3O2. The number of imidazole rings is 1. The van der Waals surface area contributed by atoms with Gasteiger partial charge in [0.25, 0.3) is 0 Å². The Morgan fingerprint density at radius 2 is 2.12 bits per heavy atom. The summed E-state index contributed by atoms with van der Waals surface area (Å²) in [6.45, 7) is 1.96. The molecule has 6 heteroatoms. The van der Waals surface area contributed by atoms with E-state index < -0.39 is 0 Å². The van der Waals surface area contributed by atoms with Crippen LogP contribution in [-0.2, 0) is 11.8 Å². The number of H-pyrrole nitrogens is 1. The van der Waals surface area contributed by atoms with E-state index in [1.54, 1.807) is 0 Å². The van der Waals surface area contributed by atoms with Crippen LogP contribution in [0, 0.1) is 6.92 Å². The van der Waals surface area contributed by atoms with E-state index in [-0.39, 0.29) is 29.9 Å². The maximum Gasteiger partial charge on any atom is 0.338 e. The lowest BCUT2D eigenvalue weighted by Gasteiger charge is -2.12. The number of carbonyl (C=O) groups excluding carboxylic acids is 1. The van der Waals surface area contributed by atoms with Gasteiger partial charge in [0.05, 0.1) is 12.7 Å². The van der Waals surface area contributed by atoms with Gasteiger partial charge in [-0.1, -0.05) is 6.07 Å². The van der Waals surface area contributed by atoms with E-state index in [0.717, 1.165) is 28.0 Å². The minimum absolute atomic E-state index is 0. The van der Waals surface area contributed by atoms with Gasteiger partial charge in [0, 0.05) is 11.6 Å². The van der Waals surface area contributed by atoms with Crippen molar-refractivity contribution in [2.24, 2.45) is 7.05 Å². The van der Waals surface area contributed by atoms with Crippen molar-refractivity contribution >= 4 is 17.0 Å². The lowest BCUT2D eigenvalue weighted by molar-refractivity contribution is -0.670. The van der Waals surface area contributed by atoms with Crippen LogP contribution in [-0.4, -0.2) is 23.0 Å². The first-order chi connectivity index (χ1) is 11.6. The van der Waals surface area contributed by atoms with E-state index in [4.69, 9.17) is 9.72 Å². The molecule has 1 N–H and O–H groups in total. The molecule has 25 heavy (non-hydrogen) atoms. The lowest BCUT2D eigenvalue weighted by Crippen LogP contribution is -3.00. The topological polar surface area (TPSA) is 58.9 Å². The fraction of sp³-hybridized carbons (Fsp3) is 0.316. The standard InChI is InChI=1S/C19H19N3O2.HI/c1-11-8-14(12-4-5-12)15(9-13(11)19(23)24-3)18-20-16-6-7-22(2)10-17(16)21-18;/h6-10,12H,4-5H2,1-3H3;1H. The van der Waals surface area contributed by atoms with Crippen LogP contribution in [0.3, 0.4) is 0 Å². The van der Waals surface area contributed by atoms with Gasteiger partial charge >= 0.3 is 5.97 Å². The number of nitrogens with one attached hydrogen (secondary N) is 1. The second kappa shape index (κ2) is 6.74. The van der Waals surface area contributed by atoms with Gasteiger partial charge in [-0.05, 0) is 42.9 Å². The Morgan fingerprint density at radius 1 is 1.36 bits per heavy atom. The van der Waals surface area contributed by atoms with Gasteiger partial charge in [0.1, 0.15) is 23.9 Å². The number of rotatable bonds is 3. The zero-order valence-electron chi connectivity index (χ0n) is 14.5. The summed E-state index contributed by atoms with van der Waals surface area (Å²) in [5.74, 6) is 1.07. The number of ether oxygens (including phenoxy) is 1. The molecule has 0 aliphatic heterocycles. The van der Waals surface area contributed by atoms with Gasteiger partial charge < -0.3 is 33.7 Å². The average Bonchev–Trinajstić information content (AvgIpc) is 3.33. The summed E-state index contributed by atoms with van der Waals surface area (Å²) in [5, 5.41) is 0. The normalized spacial score (nSPS) is 13.6. The van der Waals surface area contributed by atoms with Crippen LogP contribution in [0.25, 0.3) is 22.4 Å². The van der Waals surface area contributed by atoms with Gasteiger partial charge in [0.15, 0.2) is 12.4 Å². The van der Waals surface area contributed by atoms with Gasteiger partial charge in [-0.25, -0.2) is 14.3 Å². The van der Waals surface area contributed by atoms with Gasteiger partial charge in [-0.15, -0.1) is 0 Å². The Labute approximate surface area is 163 Å². The molecule has 2 aromatic heterocycles. The molecule has 130 valence electrons. The molecule has 1 aliphatic rings. The molecule has 1 aromatic carbocycles. The highest BCUT2D eigenvalue weighted by Crippen LogP contribution is 2.45. The van der Waals surface area contributed by atoms with E-state index in [9.17, 15) is 4.79 Å². The quantitative estimate of drug-likeness (QED) is 0.349. The Balaban J connectivity index is 0.00000182. The zero-order valence-corrected chi connectivity index (χ0v) is 16.6. The van der Waals surface area contributed by atoms with Gasteiger partial charge in [-0.2, -0.15) is 0 Å². The first-order valence-electron chi connectivity index (χ1n) is 8.15. The number of aromatic nitrogens is 3. The van der Waals surface area contributed by atoms with Crippen molar-refractivity contribution in [1.29, 1.82) is 0 Å². The van der Waals surface area contributed by atoms with Gasteiger partial charge in [-0.3, -0.25) is 0 Å². The highest BCUT2D eigenvalue weighted by atomic mass is 127. The van der Waals surface area contributed by atoms with Gasteiger partial charge in [0.2, 0.25) is 0 Å². The molecule has 1 fully saturated rings. The van der Waals surface area contributed by atoms with Crippen LogP contribution < -0.4 is 28.5 Å². The van der Waals surface area contributed by atoms with E-state index in [1.165, 1.54) is 25.5 Å².